The van der Waals surface area contributed by atoms with Gasteiger partial charge in [0.2, 0.25) is 6.79 Å². The third kappa shape index (κ3) is 4.82. The van der Waals surface area contributed by atoms with Gasteiger partial charge in [-0.15, -0.1) is 0 Å². The molecular weight excluding hydrogens is 587 g/mol. The maximum atomic E-state index is 13.0. The molecular formula is C25H16ClIN2O6. The van der Waals surface area contributed by atoms with E-state index in [4.69, 9.17) is 25.8 Å². The first-order valence-electron chi connectivity index (χ1n) is 10.4. The van der Waals surface area contributed by atoms with Gasteiger partial charge in [-0.25, -0.2) is 9.69 Å². The number of carbonyl (C=O) groups excluding carboxylic acids is 3. The van der Waals surface area contributed by atoms with Crippen molar-refractivity contribution in [1.29, 1.82) is 0 Å². The molecule has 5 rings (SSSR count). The largest absolute Gasteiger partial charge is 0.488 e. The van der Waals surface area contributed by atoms with Crippen molar-refractivity contribution in [3.63, 3.8) is 0 Å². The number of anilines is 1. The maximum Gasteiger partial charge on any atom is 0.335 e. The van der Waals surface area contributed by atoms with Gasteiger partial charge in [0.25, 0.3) is 11.8 Å². The van der Waals surface area contributed by atoms with E-state index < -0.39 is 17.8 Å². The van der Waals surface area contributed by atoms with Crippen LogP contribution in [-0.4, -0.2) is 24.6 Å². The highest BCUT2D eigenvalue weighted by Gasteiger charge is 2.36. The Balaban J connectivity index is 1.34. The number of nitrogens with one attached hydrogen (secondary N) is 1. The van der Waals surface area contributed by atoms with E-state index in [0.717, 1.165) is 14.0 Å². The molecule has 0 bridgehead atoms. The summed E-state index contributed by atoms with van der Waals surface area (Å²) in [7, 11) is 0. The topological polar surface area (TPSA) is 94.2 Å². The summed E-state index contributed by atoms with van der Waals surface area (Å²) in [5, 5.41) is 2.66. The smallest absolute Gasteiger partial charge is 0.335 e. The highest BCUT2D eigenvalue weighted by molar-refractivity contribution is 14.1. The normalized spacial score (nSPS) is 16.0. The van der Waals surface area contributed by atoms with Crippen LogP contribution in [0.4, 0.5) is 10.5 Å². The molecule has 35 heavy (non-hydrogen) atoms. The number of urea groups is 1. The molecule has 2 aliphatic rings. The van der Waals surface area contributed by atoms with Crippen LogP contribution in [0, 0.1) is 3.57 Å². The Hall–Kier alpha value is -3.57. The lowest BCUT2D eigenvalue weighted by Gasteiger charge is -2.26. The number of carbonyl (C=O) groups is 3. The second-order valence-electron chi connectivity index (χ2n) is 7.60. The number of benzene rings is 3. The quantitative estimate of drug-likeness (QED) is 0.253. The summed E-state index contributed by atoms with van der Waals surface area (Å²) in [5.74, 6) is 0.549. The van der Waals surface area contributed by atoms with Gasteiger partial charge in [-0.3, -0.25) is 14.9 Å². The van der Waals surface area contributed by atoms with E-state index >= 15 is 0 Å². The number of hydrogen-bond acceptors (Lipinski definition) is 6. The molecule has 0 unspecified atom stereocenters. The van der Waals surface area contributed by atoms with Gasteiger partial charge in [-0.2, -0.15) is 0 Å². The molecule has 0 spiro atoms. The van der Waals surface area contributed by atoms with Gasteiger partial charge < -0.3 is 14.2 Å². The number of rotatable bonds is 5. The summed E-state index contributed by atoms with van der Waals surface area (Å²) in [6.45, 7) is 0.535. The number of halogens is 2. The van der Waals surface area contributed by atoms with E-state index in [1.807, 2.05) is 18.2 Å². The molecule has 4 amide bonds. The molecule has 10 heteroatoms. The molecule has 3 aromatic carbocycles. The fourth-order valence-electron chi connectivity index (χ4n) is 3.56. The summed E-state index contributed by atoms with van der Waals surface area (Å²) < 4.78 is 17.4. The summed E-state index contributed by atoms with van der Waals surface area (Å²) in [6, 6.07) is 16.2. The van der Waals surface area contributed by atoms with Gasteiger partial charge in [0.1, 0.15) is 17.9 Å². The Kier molecular flexibility index (Phi) is 6.35. The Bertz CT molecular complexity index is 1390. The van der Waals surface area contributed by atoms with Crippen molar-refractivity contribution in [3.05, 3.63) is 86.0 Å². The molecule has 0 aliphatic carbocycles. The molecule has 1 fully saturated rings. The molecule has 0 atom stereocenters. The number of fused-ring (bicyclic) bond motifs is 1. The van der Waals surface area contributed by atoms with E-state index in [1.54, 1.807) is 30.3 Å². The summed E-state index contributed by atoms with van der Waals surface area (Å²) in [4.78, 5) is 38.7. The zero-order valence-corrected chi connectivity index (χ0v) is 20.8. The predicted octanol–water partition coefficient (Wildman–Crippen LogP) is 4.92. The minimum absolute atomic E-state index is 0.163. The second kappa shape index (κ2) is 9.59. The predicted molar refractivity (Wildman–Crippen MR) is 137 cm³/mol. The zero-order valence-electron chi connectivity index (χ0n) is 17.9. The Morgan fingerprint density at radius 2 is 1.77 bits per heavy atom. The van der Waals surface area contributed by atoms with Gasteiger partial charge in [-0.1, -0.05) is 23.7 Å². The zero-order chi connectivity index (χ0) is 24.5. The lowest BCUT2D eigenvalue weighted by atomic mass is 10.1. The van der Waals surface area contributed by atoms with Gasteiger partial charge in [0, 0.05) is 5.02 Å². The molecule has 2 heterocycles. The lowest BCUT2D eigenvalue weighted by Crippen LogP contribution is -2.54. The number of amides is 4. The number of imide groups is 2. The van der Waals surface area contributed by atoms with Crippen molar-refractivity contribution in [2.24, 2.45) is 0 Å². The summed E-state index contributed by atoms with van der Waals surface area (Å²) >= 11 is 8.02. The van der Waals surface area contributed by atoms with Crippen molar-refractivity contribution in [3.8, 4) is 17.2 Å². The highest BCUT2D eigenvalue weighted by atomic mass is 127. The molecule has 176 valence electrons. The van der Waals surface area contributed by atoms with Crippen LogP contribution in [0.1, 0.15) is 11.1 Å². The van der Waals surface area contributed by atoms with Crippen molar-refractivity contribution >= 4 is 63.8 Å². The third-order valence-electron chi connectivity index (χ3n) is 5.28. The second-order valence-corrected chi connectivity index (χ2v) is 9.20. The van der Waals surface area contributed by atoms with Crippen molar-refractivity contribution in [2.75, 3.05) is 11.7 Å². The van der Waals surface area contributed by atoms with E-state index in [1.165, 1.54) is 18.2 Å². The van der Waals surface area contributed by atoms with Crippen LogP contribution in [0.3, 0.4) is 0 Å². The molecule has 2 aliphatic heterocycles. The Labute approximate surface area is 218 Å². The third-order valence-corrected chi connectivity index (χ3v) is 6.38. The first-order valence-corrected chi connectivity index (χ1v) is 11.8. The fraction of sp³-hybridized carbons (Fsp3) is 0.0800. The minimum atomic E-state index is -0.818. The number of hydrogen-bond donors (Lipinski definition) is 1. The molecule has 1 N–H and O–H groups in total. The van der Waals surface area contributed by atoms with Crippen molar-refractivity contribution in [2.45, 2.75) is 6.61 Å². The van der Waals surface area contributed by atoms with Gasteiger partial charge >= 0.3 is 6.03 Å². The molecule has 0 aromatic heterocycles. The molecule has 8 nitrogen and oxygen atoms in total. The van der Waals surface area contributed by atoms with Crippen LogP contribution < -0.4 is 24.4 Å². The highest BCUT2D eigenvalue weighted by Crippen LogP contribution is 2.33. The van der Waals surface area contributed by atoms with Crippen LogP contribution in [0.25, 0.3) is 6.08 Å². The molecule has 3 aromatic rings. The van der Waals surface area contributed by atoms with Gasteiger partial charge in [0.05, 0.1) is 9.26 Å². The van der Waals surface area contributed by atoms with Crippen LogP contribution in [0.2, 0.25) is 5.02 Å². The first-order chi connectivity index (χ1) is 16.9. The fourth-order valence-corrected chi connectivity index (χ4v) is 4.39. The molecule has 0 saturated carbocycles. The lowest BCUT2D eigenvalue weighted by molar-refractivity contribution is -0.122. The Morgan fingerprint density at radius 3 is 2.54 bits per heavy atom. The summed E-state index contributed by atoms with van der Waals surface area (Å²) in [5.41, 5.74) is 1.67. The van der Waals surface area contributed by atoms with E-state index in [-0.39, 0.29) is 12.4 Å². The van der Waals surface area contributed by atoms with Crippen LogP contribution >= 0.6 is 34.2 Å². The van der Waals surface area contributed by atoms with Crippen LogP contribution in [0.5, 0.6) is 17.2 Å². The maximum absolute atomic E-state index is 13.0. The summed E-state index contributed by atoms with van der Waals surface area (Å²) in [6.07, 6.45) is 1.44. The first kappa shape index (κ1) is 23.2. The monoisotopic (exact) mass is 602 g/mol. The van der Waals surface area contributed by atoms with E-state index in [0.29, 0.717) is 40.1 Å². The molecule has 0 radical (unpaired) electrons. The average molecular weight is 603 g/mol. The van der Waals surface area contributed by atoms with Crippen LogP contribution in [-0.2, 0) is 16.2 Å². The molecule has 1 saturated heterocycles. The van der Waals surface area contributed by atoms with Crippen molar-refractivity contribution < 1.29 is 28.6 Å². The number of ether oxygens (including phenoxy) is 3. The average Bonchev–Trinajstić information content (AvgIpc) is 3.30. The SMILES string of the molecule is O=C1NC(=O)N(c2ccc(Cl)cc2)C(=O)/C1=C/c1ccc(OCc2ccc3c(c2)OCO3)c(I)c1. The number of nitrogens with zero attached hydrogens (tertiary/aromatic N) is 1. The van der Waals surface area contributed by atoms with E-state index in [2.05, 4.69) is 27.9 Å². The van der Waals surface area contributed by atoms with Gasteiger partial charge in [-0.05, 0) is 88.3 Å². The Morgan fingerprint density at radius 1 is 1.00 bits per heavy atom. The standard InChI is InChI=1S/C25H16ClIN2O6/c26-16-3-5-17(6-4-16)29-24(31)18(23(30)28-25(29)32)9-14-1-7-20(19(27)10-14)33-12-15-2-8-21-22(11-15)35-13-34-21/h1-11H,12-13H2,(H,28,30,32)/b18-9+. The minimum Gasteiger partial charge on any atom is -0.488 e. The van der Waals surface area contributed by atoms with E-state index in [9.17, 15) is 14.4 Å². The van der Waals surface area contributed by atoms with Gasteiger partial charge in [0.15, 0.2) is 11.5 Å². The van der Waals surface area contributed by atoms with Crippen LogP contribution in [0.15, 0.2) is 66.2 Å². The van der Waals surface area contributed by atoms with Crippen molar-refractivity contribution in [1.82, 2.24) is 5.32 Å². The number of barbiturate groups is 1.